The lowest BCUT2D eigenvalue weighted by atomic mass is 10.1. The summed E-state index contributed by atoms with van der Waals surface area (Å²) < 4.78 is 5.07. The van der Waals surface area contributed by atoms with Crippen molar-refractivity contribution in [2.45, 2.75) is 20.3 Å². The van der Waals surface area contributed by atoms with Crippen molar-refractivity contribution in [1.82, 2.24) is 4.90 Å². The number of rotatable bonds is 7. The molecule has 1 aromatic carbocycles. The number of carbonyl (C=O) groups is 1. The van der Waals surface area contributed by atoms with E-state index in [1.165, 1.54) is 0 Å². The van der Waals surface area contributed by atoms with Crippen molar-refractivity contribution in [3.05, 3.63) is 28.8 Å². The Morgan fingerprint density at radius 3 is 2.61 bits per heavy atom. The number of nitrogens with zero attached hydrogens (tertiary/aromatic N) is 1. The van der Waals surface area contributed by atoms with Crippen LogP contribution in [0.25, 0.3) is 0 Å². The molecule has 100 valence electrons. The number of likely N-dealkylation sites (N-methyl/N-ethyl adjacent to an activating group) is 1. The van der Waals surface area contributed by atoms with Gasteiger partial charge in [-0.25, -0.2) is 0 Å². The molecule has 0 saturated carbocycles. The van der Waals surface area contributed by atoms with E-state index in [9.17, 15) is 4.79 Å². The fourth-order valence-corrected chi connectivity index (χ4v) is 2.06. The summed E-state index contributed by atoms with van der Waals surface area (Å²) in [5.74, 6) is 0.684. The highest BCUT2D eigenvalue weighted by molar-refractivity contribution is 6.32. The van der Waals surface area contributed by atoms with Gasteiger partial charge in [-0.05, 0) is 37.7 Å². The minimum absolute atomic E-state index is 0.0925. The Hall–Kier alpha value is -1.06. The van der Waals surface area contributed by atoms with Gasteiger partial charge in [0.25, 0.3) is 0 Å². The summed E-state index contributed by atoms with van der Waals surface area (Å²) in [7, 11) is 1.56. The van der Waals surface area contributed by atoms with Gasteiger partial charge in [0.05, 0.1) is 18.7 Å². The maximum atomic E-state index is 12.1. The highest BCUT2D eigenvalue weighted by atomic mass is 35.5. The van der Waals surface area contributed by atoms with E-state index in [4.69, 9.17) is 16.3 Å². The number of ether oxygens (including phenoxy) is 1. The standard InChI is InChI=1S/C14H20ClNO2/c1-4-8-16(5-2)10-13(17)11-6-7-14(18-3)12(15)9-11/h6-7,9H,4-5,8,10H2,1-3H3. The maximum Gasteiger partial charge on any atom is 0.176 e. The smallest absolute Gasteiger partial charge is 0.176 e. The van der Waals surface area contributed by atoms with Gasteiger partial charge in [-0.15, -0.1) is 0 Å². The molecule has 1 aromatic rings. The van der Waals surface area contributed by atoms with Crippen molar-refractivity contribution in [2.75, 3.05) is 26.7 Å². The Labute approximate surface area is 114 Å². The maximum absolute atomic E-state index is 12.1. The summed E-state index contributed by atoms with van der Waals surface area (Å²) in [6.45, 7) is 6.42. The van der Waals surface area contributed by atoms with Gasteiger partial charge in [0.15, 0.2) is 5.78 Å². The van der Waals surface area contributed by atoms with Crippen molar-refractivity contribution >= 4 is 17.4 Å². The molecule has 3 nitrogen and oxygen atoms in total. The molecule has 18 heavy (non-hydrogen) atoms. The second-order valence-corrected chi connectivity index (χ2v) is 4.55. The van der Waals surface area contributed by atoms with Crippen molar-refractivity contribution in [3.8, 4) is 5.75 Å². The van der Waals surface area contributed by atoms with Crippen LogP contribution in [-0.4, -0.2) is 37.4 Å². The van der Waals surface area contributed by atoms with Gasteiger partial charge in [-0.1, -0.05) is 25.4 Å². The molecule has 0 bridgehead atoms. The van der Waals surface area contributed by atoms with Crippen LogP contribution in [0, 0.1) is 0 Å². The molecule has 0 fully saturated rings. The number of carbonyl (C=O) groups excluding carboxylic acids is 1. The quantitative estimate of drug-likeness (QED) is 0.712. The van der Waals surface area contributed by atoms with Gasteiger partial charge >= 0.3 is 0 Å². The lowest BCUT2D eigenvalue weighted by Gasteiger charge is -2.18. The van der Waals surface area contributed by atoms with Crippen LogP contribution in [0.3, 0.4) is 0 Å². The summed E-state index contributed by atoms with van der Waals surface area (Å²) in [6.07, 6.45) is 1.05. The van der Waals surface area contributed by atoms with E-state index in [-0.39, 0.29) is 5.78 Å². The molecule has 0 atom stereocenters. The molecule has 0 heterocycles. The Kier molecular flexibility index (Phi) is 6.16. The Morgan fingerprint density at radius 1 is 1.39 bits per heavy atom. The van der Waals surface area contributed by atoms with Gasteiger partial charge in [-0.3, -0.25) is 9.69 Å². The monoisotopic (exact) mass is 269 g/mol. The fourth-order valence-electron chi connectivity index (χ4n) is 1.80. The fraction of sp³-hybridized carbons (Fsp3) is 0.500. The van der Waals surface area contributed by atoms with E-state index in [1.54, 1.807) is 25.3 Å². The minimum atomic E-state index is 0.0925. The van der Waals surface area contributed by atoms with Crippen LogP contribution in [0.2, 0.25) is 5.02 Å². The number of halogens is 1. The Balaban J connectivity index is 2.74. The summed E-state index contributed by atoms with van der Waals surface area (Å²) in [6, 6.07) is 5.15. The van der Waals surface area contributed by atoms with Crippen LogP contribution in [0.4, 0.5) is 0 Å². The van der Waals surface area contributed by atoms with E-state index in [2.05, 4.69) is 18.7 Å². The minimum Gasteiger partial charge on any atom is -0.495 e. The Morgan fingerprint density at radius 2 is 2.11 bits per heavy atom. The first-order valence-corrected chi connectivity index (χ1v) is 6.59. The van der Waals surface area contributed by atoms with Gasteiger partial charge < -0.3 is 4.74 Å². The number of methoxy groups -OCH3 is 1. The van der Waals surface area contributed by atoms with E-state index in [1.807, 2.05) is 0 Å². The third kappa shape index (κ3) is 4.00. The van der Waals surface area contributed by atoms with Crippen molar-refractivity contribution in [2.24, 2.45) is 0 Å². The molecule has 1 rings (SSSR count). The van der Waals surface area contributed by atoms with E-state index in [0.717, 1.165) is 19.5 Å². The number of hydrogen-bond donors (Lipinski definition) is 0. The molecule has 0 aliphatic carbocycles. The van der Waals surface area contributed by atoms with Gasteiger partial charge in [0, 0.05) is 5.56 Å². The van der Waals surface area contributed by atoms with E-state index in [0.29, 0.717) is 22.9 Å². The molecular formula is C14H20ClNO2. The molecule has 0 spiro atoms. The first-order chi connectivity index (χ1) is 8.62. The average molecular weight is 270 g/mol. The summed E-state index contributed by atoms with van der Waals surface area (Å²) in [4.78, 5) is 14.2. The second-order valence-electron chi connectivity index (χ2n) is 4.14. The topological polar surface area (TPSA) is 29.5 Å². The van der Waals surface area contributed by atoms with Gasteiger partial charge in [-0.2, -0.15) is 0 Å². The largest absolute Gasteiger partial charge is 0.495 e. The van der Waals surface area contributed by atoms with Gasteiger partial charge in [0.1, 0.15) is 5.75 Å². The number of Topliss-reactive ketones (excluding diaryl/α,β-unsaturated/α-hetero) is 1. The van der Waals surface area contributed by atoms with Crippen molar-refractivity contribution < 1.29 is 9.53 Å². The summed E-state index contributed by atoms with van der Waals surface area (Å²) >= 11 is 6.01. The molecule has 0 N–H and O–H groups in total. The highest BCUT2D eigenvalue weighted by Gasteiger charge is 2.12. The highest BCUT2D eigenvalue weighted by Crippen LogP contribution is 2.25. The predicted molar refractivity (Wildman–Crippen MR) is 74.7 cm³/mol. The average Bonchev–Trinajstić information content (AvgIpc) is 2.37. The van der Waals surface area contributed by atoms with E-state index >= 15 is 0 Å². The molecule has 0 saturated heterocycles. The first kappa shape index (κ1) is 15.0. The van der Waals surface area contributed by atoms with Crippen LogP contribution < -0.4 is 4.74 Å². The third-order valence-corrected chi connectivity index (χ3v) is 3.12. The number of benzene rings is 1. The zero-order chi connectivity index (χ0) is 13.5. The molecule has 0 aromatic heterocycles. The lowest BCUT2D eigenvalue weighted by molar-refractivity contribution is 0.0934. The predicted octanol–water partition coefficient (Wildman–Crippen LogP) is 3.26. The second kappa shape index (κ2) is 7.39. The van der Waals surface area contributed by atoms with Crippen molar-refractivity contribution in [1.29, 1.82) is 0 Å². The zero-order valence-electron chi connectivity index (χ0n) is 11.2. The summed E-state index contributed by atoms with van der Waals surface area (Å²) in [5, 5.41) is 0.474. The van der Waals surface area contributed by atoms with Crippen LogP contribution in [0.15, 0.2) is 18.2 Å². The van der Waals surface area contributed by atoms with Crippen LogP contribution in [0.1, 0.15) is 30.6 Å². The normalized spacial score (nSPS) is 10.7. The van der Waals surface area contributed by atoms with E-state index < -0.39 is 0 Å². The molecule has 0 aliphatic rings. The molecule has 0 radical (unpaired) electrons. The van der Waals surface area contributed by atoms with Crippen LogP contribution >= 0.6 is 11.6 Å². The van der Waals surface area contributed by atoms with Gasteiger partial charge in [0.2, 0.25) is 0 Å². The molecule has 4 heteroatoms. The molecule has 0 amide bonds. The third-order valence-electron chi connectivity index (χ3n) is 2.83. The lowest BCUT2D eigenvalue weighted by Crippen LogP contribution is -2.30. The molecule has 0 unspecified atom stereocenters. The number of ketones is 1. The number of hydrogen-bond acceptors (Lipinski definition) is 3. The van der Waals surface area contributed by atoms with Crippen molar-refractivity contribution in [3.63, 3.8) is 0 Å². The molecule has 0 aliphatic heterocycles. The SMILES string of the molecule is CCCN(CC)CC(=O)c1ccc(OC)c(Cl)c1. The summed E-state index contributed by atoms with van der Waals surface area (Å²) in [5.41, 5.74) is 0.635. The molecular weight excluding hydrogens is 250 g/mol. The zero-order valence-corrected chi connectivity index (χ0v) is 12.0. The Bertz CT molecular complexity index is 407. The van der Waals surface area contributed by atoms with Crippen LogP contribution in [-0.2, 0) is 0 Å². The van der Waals surface area contributed by atoms with Crippen LogP contribution in [0.5, 0.6) is 5.75 Å². The first-order valence-electron chi connectivity index (χ1n) is 6.21.